The molecule has 1 fully saturated rings. The molecule has 1 amide bonds. The third-order valence-corrected chi connectivity index (χ3v) is 6.15. The number of Topliss-reactive ketones (excluding diaryl/α,β-unsaturated/α-hetero) is 1. The number of anilines is 1. The van der Waals surface area contributed by atoms with Crippen molar-refractivity contribution in [2.45, 2.75) is 19.4 Å². The van der Waals surface area contributed by atoms with Crippen LogP contribution in [0, 0.1) is 5.82 Å². The molecule has 1 heterocycles. The lowest BCUT2D eigenvalue weighted by molar-refractivity contribution is -0.132. The van der Waals surface area contributed by atoms with Gasteiger partial charge in [0.1, 0.15) is 17.3 Å². The number of carbonyl (C=O) groups is 2. The molecule has 4 rings (SSSR count). The number of ketones is 1. The van der Waals surface area contributed by atoms with Gasteiger partial charge in [-0.2, -0.15) is 0 Å². The molecule has 0 bridgehead atoms. The highest BCUT2D eigenvalue weighted by atomic mass is 35.5. The minimum Gasteiger partial charge on any atom is -0.507 e. The Kier molecular flexibility index (Phi) is 6.91. The number of hydrogen-bond acceptors (Lipinski definition) is 4. The number of aliphatic hydroxyl groups is 1. The lowest BCUT2D eigenvalue weighted by atomic mass is 9.95. The number of halogens is 3. The van der Waals surface area contributed by atoms with E-state index in [9.17, 15) is 19.1 Å². The summed E-state index contributed by atoms with van der Waals surface area (Å²) in [6.07, 6.45) is 0.845. The molecular weight excluding hydrogens is 480 g/mol. The quantitative estimate of drug-likeness (QED) is 0.237. The third kappa shape index (κ3) is 4.52. The Balaban J connectivity index is 1.85. The first-order valence-corrected chi connectivity index (χ1v) is 11.3. The van der Waals surface area contributed by atoms with Gasteiger partial charge in [0, 0.05) is 11.3 Å². The number of ether oxygens (including phenoxy) is 1. The van der Waals surface area contributed by atoms with Crippen LogP contribution < -0.4 is 9.64 Å². The first-order valence-electron chi connectivity index (χ1n) is 10.6. The van der Waals surface area contributed by atoms with Gasteiger partial charge >= 0.3 is 0 Å². The van der Waals surface area contributed by atoms with Gasteiger partial charge in [-0.25, -0.2) is 4.39 Å². The van der Waals surface area contributed by atoms with Crippen molar-refractivity contribution in [2.75, 3.05) is 11.5 Å². The van der Waals surface area contributed by atoms with Gasteiger partial charge < -0.3 is 9.84 Å². The SMILES string of the molecule is CCCOc1ccc(/C(O)=C2\C(=O)C(=O)N(c3ccc(Cl)c(Cl)c3)C2c2ccc(F)cc2)cc1. The molecule has 0 aromatic heterocycles. The van der Waals surface area contributed by atoms with E-state index < -0.39 is 23.5 Å². The summed E-state index contributed by atoms with van der Waals surface area (Å²) in [6, 6.07) is 15.5. The highest BCUT2D eigenvalue weighted by molar-refractivity contribution is 6.52. The Labute approximate surface area is 206 Å². The number of aliphatic hydroxyl groups excluding tert-OH is 1. The van der Waals surface area contributed by atoms with Crippen LogP contribution in [0.15, 0.2) is 72.3 Å². The van der Waals surface area contributed by atoms with Gasteiger partial charge in [0.2, 0.25) is 0 Å². The molecule has 34 heavy (non-hydrogen) atoms. The molecule has 1 saturated heterocycles. The molecule has 0 spiro atoms. The van der Waals surface area contributed by atoms with Gasteiger partial charge in [-0.15, -0.1) is 0 Å². The van der Waals surface area contributed by atoms with E-state index in [-0.39, 0.29) is 21.4 Å². The summed E-state index contributed by atoms with van der Waals surface area (Å²) in [6.45, 7) is 2.53. The predicted molar refractivity (Wildman–Crippen MR) is 130 cm³/mol. The van der Waals surface area contributed by atoms with Crippen molar-refractivity contribution in [3.63, 3.8) is 0 Å². The van der Waals surface area contributed by atoms with Crippen LogP contribution in [-0.2, 0) is 9.59 Å². The summed E-state index contributed by atoms with van der Waals surface area (Å²) < 4.78 is 19.2. The lowest BCUT2D eigenvalue weighted by Crippen LogP contribution is -2.29. The fourth-order valence-electron chi connectivity index (χ4n) is 3.78. The maximum Gasteiger partial charge on any atom is 0.300 e. The average molecular weight is 500 g/mol. The Hall–Kier alpha value is -3.35. The smallest absolute Gasteiger partial charge is 0.300 e. The lowest BCUT2D eigenvalue weighted by Gasteiger charge is -2.25. The Morgan fingerprint density at radius 3 is 2.29 bits per heavy atom. The number of carbonyl (C=O) groups excluding carboxylic acids is 2. The van der Waals surface area contributed by atoms with Crippen LogP contribution >= 0.6 is 23.2 Å². The van der Waals surface area contributed by atoms with Crippen molar-refractivity contribution in [1.82, 2.24) is 0 Å². The second-order valence-corrected chi connectivity index (χ2v) is 8.51. The van der Waals surface area contributed by atoms with Crippen molar-refractivity contribution in [1.29, 1.82) is 0 Å². The zero-order chi connectivity index (χ0) is 24.4. The van der Waals surface area contributed by atoms with Crippen LogP contribution in [0.3, 0.4) is 0 Å². The average Bonchev–Trinajstić information content (AvgIpc) is 3.10. The van der Waals surface area contributed by atoms with Gasteiger partial charge in [-0.05, 0) is 66.6 Å². The molecule has 1 N–H and O–H groups in total. The first-order chi connectivity index (χ1) is 16.3. The van der Waals surface area contributed by atoms with E-state index in [4.69, 9.17) is 27.9 Å². The van der Waals surface area contributed by atoms with E-state index in [2.05, 4.69) is 0 Å². The number of rotatable bonds is 6. The molecule has 5 nitrogen and oxygen atoms in total. The summed E-state index contributed by atoms with van der Waals surface area (Å²) in [5, 5.41) is 11.6. The van der Waals surface area contributed by atoms with Crippen LogP contribution in [0.1, 0.15) is 30.5 Å². The minimum atomic E-state index is -1.01. The molecule has 3 aromatic rings. The van der Waals surface area contributed by atoms with Gasteiger partial charge in [-0.1, -0.05) is 42.3 Å². The van der Waals surface area contributed by atoms with Crippen molar-refractivity contribution in [2.24, 2.45) is 0 Å². The second kappa shape index (κ2) is 9.87. The number of nitrogens with zero attached hydrogens (tertiary/aromatic N) is 1. The number of benzene rings is 3. The maximum absolute atomic E-state index is 13.6. The van der Waals surface area contributed by atoms with Crippen molar-refractivity contribution in [3.8, 4) is 5.75 Å². The maximum atomic E-state index is 13.6. The molecular formula is C26H20Cl2FNO4. The summed E-state index contributed by atoms with van der Waals surface area (Å²) >= 11 is 12.2. The predicted octanol–water partition coefficient (Wildman–Crippen LogP) is 6.55. The fraction of sp³-hybridized carbons (Fsp3) is 0.154. The first kappa shape index (κ1) is 23.8. The Bertz CT molecular complexity index is 1270. The standard InChI is InChI=1S/C26H20Cl2FNO4/c1-2-13-34-19-10-5-16(6-11-19)24(31)22-23(15-3-7-17(29)8-4-15)30(26(33)25(22)32)18-9-12-20(27)21(28)14-18/h3-12,14,23,31H,2,13H2,1H3/b24-22+. The molecule has 0 radical (unpaired) electrons. The van der Waals surface area contributed by atoms with Crippen molar-refractivity contribution in [3.05, 3.63) is 99.3 Å². The van der Waals surface area contributed by atoms with E-state index in [0.29, 0.717) is 29.2 Å². The van der Waals surface area contributed by atoms with Crippen LogP contribution in [0.2, 0.25) is 10.0 Å². The molecule has 1 aliphatic heterocycles. The van der Waals surface area contributed by atoms with Crippen LogP contribution in [0.25, 0.3) is 5.76 Å². The van der Waals surface area contributed by atoms with E-state index in [1.807, 2.05) is 6.92 Å². The van der Waals surface area contributed by atoms with Crippen LogP contribution in [-0.4, -0.2) is 23.4 Å². The third-order valence-electron chi connectivity index (χ3n) is 5.41. The van der Waals surface area contributed by atoms with Crippen LogP contribution in [0.4, 0.5) is 10.1 Å². The van der Waals surface area contributed by atoms with Gasteiger partial charge in [-0.3, -0.25) is 14.5 Å². The van der Waals surface area contributed by atoms with E-state index in [1.165, 1.54) is 41.3 Å². The monoisotopic (exact) mass is 499 g/mol. The van der Waals surface area contributed by atoms with Crippen LogP contribution in [0.5, 0.6) is 5.75 Å². The molecule has 0 aliphatic carbocycles. The Morgan fingerprint density at radius 1 is 1.00 bits per heavy atom. The van der Waals surface area contributed by atoms with E-state index in [0.717, 1.165) is 6.42 Å². The number of amides is 1. The summed E-state index contributed by atoms with van der Waals surface area (Å²) in [7, 11) is 0. The summed E-state index contributed by atoms with van der Waals surface area (Å²) in [4.78, 5) is 27.5. The molecule has 1 unspecified atom stereocenters. The van der Waals surface area contributed by atoms with E-state index >= 15 is 0 Å². The van der Waals surface area contributed by atoms with Crippen molar-refractivity contribution < 1.29 is 23.8 Å². The Morgan fingerprint density at radius 2 is 1.68 bits per heavy atom. The summed E-state index contributed by atoms with van der Waals surface area (Å²) in [5.74, 6) is -1.93. The van der Waals surface area contributed by atoms with E-state index in [1.54, 1.807) is 30.3 Å². The molecule has 174 valence electrons. The zero-order valence-electron chi connectivity index (χ0n) is 18.1. The fourth-order valence-corrected chi connectivity index (χ4v) is 4.07. The zero-order valence-corrected chi connectivity index (χ0v) is 19.6. The van der Waals surface area contributed by atoms with Gasteiger partial charge in [0.15, 0.2) is 0 Å². The highest BCUT2D eigenvalue weighted by Gasteiger charge is 2.47. The highest BCUT2D eigenvalue weighted by Crippen LogP contribution is 2.43. The molecule has 8 heteroatoms. The largest absolute Gasteiger partial charge is 0.507 e. The van der Waals surface area contributed by atoms with Gasteiger partial charge in [0.25, 0.3) is 11.7 Å². The molecule has 1 aliphatic rings. The second-order valence-electron chi connectivity index (χ2n) is 7.69. The van der Waals surface area contributed by atoms with Crippen molar-refractivity contribution >= 4 is 46.3 Å². The molecule has 1 atom stereocenters. The normalized spacial score (nSPS) is 17.3. The van der Waals surface area contributed by atoms with Gasteiger partial charge in [0.05, 0.1) is 28.3 Å². The molecule has 3 aromatic carbocycles. The topological polar surface area (TPSA) is 66.8 Å². The minimum absolute atomic E-state index is 0.120. The summed E-state index contributed by atoms with van der Waals surface area (Å²) in [5.41, 5.74) is 0.970. The number of hydrogen-bond donors (Lipinski definition) is 1. The molecule has 0 saturated carbocycles.